The summed E-state index contributed by atoms with van der Waals surface area (Å²) in [5.74, 6) is 1.88. The van der Waals surface area contributed by atoms with Gasteiger partial charge in [0, 0.05) is 22.3 Å². The van der Waals surface area contributed by atoms with Gasteiger partial charge in [-0.25, -0.2) is 9.97 Å². The van der Waals surface area contributed by atoms with E-state index in [-0.39, 0.29) is 5.78 Å². The van der Waals surface area contributed by atoms with Gasteiger partial charge in [0.25, 0.3) is 0 Å². The summed E-state index contributed by atoms with van der Waals surface area (Å²) >= 11 is 6.05. The van der Waals surface area contributed by atoms with E-state index in [1.807, 2.05) is 12.1 Å². The molecule has 2 N–H and O–H groups in total. The standard InChI is InChI=1S/C19H17ClN4O2/c1-12(25)13-3-6-15(7-4-13)23-18-10-19(22-11-21-18)24-16-9-14(20)5-8-17(16)26-2/h3-11H,1-2H3,(H2,21,22,23,24). The van der Waals surface area contributed by atoms with Crippen molar-refractivity contribution in [3.05, 3.63) is 65.4 Å². The monoisotopic (exact) mass is 368 g/mol. The molecule has 0 fully saturated rings. The van der Waals surface area contributed by atoms with Crippen molar-refractivity contribution < 1.29 is 9.53 Å². The smallest absolute Gasteiger partial charge is 0.159 e. The van der Waals surface area contributed by atoms with Crippen molar-refractivity contribution in [2.75, 3.05) is 17.7 Å². The van der Waals surface area contributed by atoms with Crippen molar-refractivity contribution in [1.82, 2.24) is 9.97 Å². The number of halogens is 1. The molecule has 0 atom stereocenters. The second-order valence-corrected chi connectivity index (χ2v) is 5.95. The van der Waals surface area contributed by atoms with Gasteiger partial charge in [0.2, 0.25) is 0 Å². The van der Waals surface area contributed by atoms with E-state index >= 15 is 0 Å². The number of benzene rings is 2. The molecular weight excluding hydrogens is 352 g/mol. The maximum absolute atomic E-state index is 11.3. The van der Waals surface area contributed by atoms with Crippen molar-refractivity contribution in [1.29, 1.82) is 0 Å². The summed E-state index contributed by atoms with van der Waals surface area (Å²) in [5.41, 5.74) is 2.18. The largest absolute Gasteiger partial charge is 0.495 e. The highest BCUT2D eigenvalue weighted by Crippen LogP contribution is 2.30. The first-order chi connectivity index (χ1) is 12.5. The zero-order valence-corrected chi connectivity index (χ0v) is 15.0. The SMILES string of the molecule is COc1ccc(Cl)cc1Nc1cc(Nc2ccc(C(C)=O)cc2)ncn1. The van der Waals surface area contributed by atoms with Gasteiger partial charge >= 0.3 is 0 Å². The van der Waals surface area contributed by atoms with Crippen LogP contribution in [0.25, 0.3) is 0 Å². The van der Waals surface area contributed by atoms with Crippen LogP contribution >= 0.6 is 11.6 Å². The summed E-state index contributed by atoms with van der Waals surface area (Å²) < 4.78 is 5.32. The number of nitrogens with zero attached hydrogens (tertiary/aromatic N) is 2. The molecule has 3 aromatic rings. The molecule has 26 heavy (non-hydrogen) atoms. The third-order valence-corrected chi connectivity index (χ3v) is 3.89. The Labute approximate surface area is 156 Å². The van der Waals surface area contributed by atoms with E-state index in [1.165, 1.54) is 13.3 Å². The normalized spacial score (nSPS) is 10.3. The van der Waals surface area contributed by atoms with Crippen LogP contribution in [-0.4, -0.2) is 22.9 Å². The van der Waals surface area contributed by atoms with Crippen molar-refractivity contribution in [2.45, 2.75) is 6.92 Å². The summed E-state index contributed by atoms with van der Waals surface area (Å²) in [6, 6.07) is 14.2. The first-order valence-corrected chi connectivity index (χ1v) is 8.23. The van der Waals surface area contributed by atoms with Gasteiger partial charge in [0.15, 0.2) is 5.78 Å². The zero-order valence-electron chi connectivity index (χ0n) is 14.3. The van der Waals surface area contributed by atoms with Crippen molar-refractivity contribution in [3.8, 4) is 5.75 Å². The van der Waals surface area contributed by atoms with Gasteiger partial charge in [0.1, 0.15) is 23.7 Å². The molecule has 132 valence electrons. The average Bonchev–Trinajstić information content (AvgIpc) is 2.63. The summed E-state index contributed by atoms with van der Waals surface area (Å²) in [6.07, 6.45) is 1.45. The van der Waals surface area contributed by atoms with E-state index in [1.54, 1.807) is 43.5 Å². The molecular formula is C19H17ClN4O2. The predicted molar refractivity (Wildman–Crippen MR) is 103 cm³/mol. The Morgan fingerprint density at radius 1 is 1.00 bits per heavy atom. The Balaban J connectivity index is 1.78. The van der Waals surface area contributed by atoms with Gasteiger partial charge in [-0.3, -0.25) is 4.79 Å². The maximum Gasteiger partial charge on any atom is 0.159 e. The fourth-order valence-corrected chi connectivity index (χ4v) is 2.52. The first kappa shape index (κ1) is 17.7. The number of nitrogens with one attached hydrogen (secondary N) is 2. The summed E-state index contributed by atoms with van der Waals surface area (Å²) in [5, 5.41) is 6.93. The molecule has 0 aliphatic rings. The molecule has 0 unspecified atom stereocenters. The van der Waals surface area contributed by atoms with Crippen LogP contribution in [0.5, 0.6) is 5.75 Å². The fraction of sp³-hybridized carbons (Fsp3) is 0.105. The Hall–Kier alpha value is -3.12. The number of methoxy groups -OCH3 is 1. The van der Waals surface area contributed by atoms with Crippen molar-refractivity contribution >= 4 is 40.4 Å². The highest BCUT2D eigenvalue weighted by molar-refractivity contribution is 6.31. The molecule has 2 aromatic carbocycles. The van der Waals surface area contributed by atoms with E-state index in [0.717, 1.165) is 5.69 Å². The number of hydrogen-bond donors (Lipinski definition) is 2. The van der Waals surface area contributed by atoms with Crippen LogP contribution in [0.3, 0.4) is 0 Å². The minimum absolute atomic E-state index is 0.0283. The Morgan fingerprint density at radius 3 is 2.35 bits per heavy atom. The van der Waals surface area contributed by atoms with E-state index in [2.05, 4.69) is 20.6 Å². The molecule has 0 radical (unpaired) electrons. The third kappa shape index (κ3) is 4.29. The molecule has 3 rings (SSSR count). The number of ether oxygens (including phenoxy) is 1. The highest BCUT2D eigenvalue weighted by atomic mass is 35.5. The second-order valence-electron chi connectivity index (χ2n) is 5.52. The number of aromatic nitrogens is 2. The summed E-state index contributed by atoms with van der Waals surface area (Å²) in [4.78, 5) is 19.8. The van der Waals surface area contributed by atoms with Crippen molar-refractivity contribution in [3.63, 3.8) is 0 Å². The number of hydrogen-bond acceptors (Lipinski definition) is 6. The zero-order chi connectivity index (χ0) is 18.5. The second kappa shape index (κ2) is 7.84. The summed E-state index contributed by atoms with van der Waals surface area (Å²) in [7, 11) is 1.59. The van der Waals surface area contributed by atoms with Crippen LogP contribution in [0.15, 0.2) is 54.9 Å². The Morgan fingerprint density at radius 2 is 1.69 bits per heavy atom. The van der Waals surface area contributed by atoms with Gasteiger partial charge in [-0.05, 0) is 49.4 Å². The third-order valence-electron chi connectivity index (χ3n) is 3.66. The highest BCUT2D eigenvalue weighted by Gasteiger charge is 2.07. The van der Waals surface area contributed by atoms with Crippen LogP contribution in [0, 0.1) is 0 Å². The number of anilines is 4. The molecule has 0 aliphatic carbocycles. The Kier molecular flexibility index (Phi) is 5.34. The van der Waals surface area contributed by atoms with E-state index in [4.69, 9.17) is 16.3 Å². The quantitative estimate of drug-likeness (QED) is 0.607. The van der Waals surface area contributed by atoms with Crippen molar-refractivity contribution in [2.24, 2.45) is 0 Å². The lowest BCUT2D eigenvalue weighted by Gasteiger charge is -2.12. The van der Waals surface area contributed by atoms with Gasteiger partial charge in [-0.2, -0.15) is 0 Å². The van der Waals surface area contributed by atoms with Gasteiger partial charge in [0.05, 0.1) is 12.8 Å². The fourth-order valence-electron chi connectivity index (χ4n) is 2.35. The molecule has 0 aliphatic heterocycles. The van der Waals surface area contributed by atoms with Gasteiger partial charge in [-0.1, -0.05) is 11.6 Å². The predicted octanol–water partition coefficient (Wildman–Crippen LogP) is 4.83. The molecule has 1 heterocycles. The van der Waals surface area contributed by atoms with Crippen LogP contribution < -0.4 is 15.4 Å². The number of rotatable bonds is 6. The molecule has 0 amide bonds. The minimum atomic E-state index is 0.0283. The molecule has 7 heteroatoms. The number of Topliss-reactive ketones (excluding diaryl/α,β-unsaturated/α-hetero) is 1. The molecule has 0 bridgehead atoms. The molecule has 0 saturated carbocycles. The van der Waals surface area contributed by atoms with Gasteiger partial charge in [-0.15, -0.1) is 0 Å². The topological polar surface area (TPSA) is 76.1 Å². The lowest BCUT2D eigenvalue weighted by molar-refractivity contribution is 0.101. The number of carbonyl (C=O) groups excluding carboxylic acids is 1. The van der Waals surface area contributed by atoms with E-state index in [0.29, 0.717) is 33.7 Å². The lowest BCUT2D eigenvalue weighted by atomic mass is 10.1. The van der Waals surface area contributed by atoms with E-state index < -0.39 is 0 Å². The molecule has 0 saturated heterocycles. The van der Waals surface area contributed by atoms with Crippen LogP contribution in [0.1, 0.15) is 17.3 Å². The number of ketones is 1. The van der Waals surface area contributed by atoms with Crippen LogP contribution in [-0.2, 0) is 0 Å². The maximum atomic E-state index is 11.3. The number of carbonyl (C=O) groups is 1. The van der Waals surface area contributed by atoms with Crippen LogP contribution in [0.2, 0.25) is 5.02 Å². The summed E-state index contributed by atoms with van der Waals surface area (Å²) in [6.45, 7) is 1.54. The van der Waals surface area contributed by atoms with Gasteiger partial charge < -0.3 is 15.4 Å². The lowest BCUT2D eigenvalue weighted by Crippen LogP contribution is -2.00. The molecule has 1 aromatic heterocycles. The first-order valence-electron chi connectivity index (χ1n) is 7.86. The Bertz CT molecular complexity index is 929. The average molecular weight is 369 g/mol. The van der Waals surface area contributed by atoms with Crippen LogP contribution in [0.4, 0.5) is 23.0 Å². The minimum Gasteiger partial charge on any atom is -0.495 e. The molecule has 0 spiro atoms. The molecule has 6 nitrogen and oxygen atoms in total. The van der Waals surface area contributed by atoms with E-state index in [9.17, 15) is 4.79 Å².